The third kappa shape index (κ3) is 4.80. The molecule has 2 rings (SSSR count). The van der Waals surface area contributed by atoms with Crippen LogP contribution in [-0.2, 0) is 17.8 Å². The molecule has 24 heavy (non-hydrogen) atoms. The molecule has 128 valence electrons. The van der Waals surface area contributed by atoms with E-state index in [-0.39, 0.29) is 6.42 Å². The number of anilines is 1. The van der Waals surface area contributed by atoms with E-state index in [1.807, 2.05) is 36.4 Å². The Kier molecular flexibility index (Phi) is 6.32. The monoisotopic (exact) mass is 349 g/mol. The Morgan fingerprint density at radius 1 is 1.17 bits per heavy atom. The molecule has 0 atom stereocenters. The lowest BCUT2D eigenvalue weighted by Crippen LogP contribution is -2.02. The summed E-state index contributed by atoms with van der Waals surface area (Å²) in [5.74, 6) is 0.295. The molecule has 0 aliphatic carbocycles. The molecule has 0 aromatic heterocycles. The van der Waals surface area contributed by atoms with E-state index in [9.17, 15) is 4.79 Å². The maximum absolute atomic E-state index is 10.7. The van der Waals surface area contributed by atoms with Gasteiger partial charge in [0.15, 0.2) is 11.5 Å². The Bertz CT molecular complexity index is 718. The number of hydrogen-bond acceptors (Lipinski definition) is 4. The molecule has 0 saturated carbocycles. The Morgan fingerprint density at radius 3 is 2.62 bits per heavy atom. The predicted octanol–water partition coefficient (Wildman–Crippen LogP) is 3.99. The summed E-state index contributed by atoms with van der Waals surface area (Å²) in [5, 5.41) is 12.6. The van der Waals surface area contributed by atoms with Crippen molar-refractivity contribution in [2.24, 2.45) is 0 Å². The van der Waals surface area contributed by atoms with E-state index in [1.54, 1.807) is 14.2 Å². The molecule has 0 spiro atoms. The van der Waals surface area contributed by atoms with Crippen LogP contribution in [0.4, 0.5) is 5.69 Å². The van der Waals surface area contributed by atoms with Crippen molar-refractivity contribution in [2.45, 2.75) is 19.4 Å². The highest BCUT2D eigenvalue weighted by Gasteiger charge is 2.10. The van der Waals surface area contributed by atoms with Crippen LogP contribution in [0.3, 0.4) is 0 Å². The van der Waals surface area contributed by atoms with E-state index in [0.717, 1.165) is 16.8 Å². The second kappa shape index (κ2) is 8.45. The summed E-state index contributed by atoms with van der Waals surface area (Å²) in [5.41, 5.74) is 2.85. The van der Waals surface area contributed by atoms with Gasteiger partial charge in [0.1, 0.15) is 0 Å². The number of benzene rings is 2. The van der Waals surface area contributed by atoms with E-state index in [0.29, 0.717) is 29.5 Å². The molecule has 2 aromatic rings. The number of halogens is 1. The summed E-state index contributed by atoms with van der Waals surface area (Å²) in [7, 11) is 3.11. The van der Waals surface area contributed by atoms with Crippen molar-refractivity contribution < 1.29 is 19.4 Å². The van der Waals surface area contributed by atoms with E-state index in [4.69, 9.17) is 26.2 Å². The summed E-state index contributed by atoms with van der Waals surface area (Å²) in [6, 6.07) is 11.4. The minimum absolute atomic E-state index is 0.120. The minimum Gasteiger partial charge on any atom is -0.493 e. The number of carboxylic acid groups (broad SMARTS) is 1. The van der Waals surface area contributed by atoms with Crippen molar-refractivity contribution in [3.63, 3.8) is 0 Å². The molecular formula is C18H20ClNO4. The van der Waals surface area contributed by atoms with Crippen LogP contribution in [0, 0.1) is 0 Å². The number of rotatable bonds is 8. The molecule has 0 fully saturated rings. The van der Waals surface area contributed by atoms with Gasteiger partial charge in [0, 0.05) is 18.7 Å². The summed E-state index contributed by atoms with van der Waals surface area (Å²) in [6.07, 6.45) is 0.627. The molecule has 0 saturated heterocycles. The van der Waals surface area contributed by atoms with Gasteiger partial charge in [0.2, 0.25) is 0 Å². The van der Waals surface area contributed by atoms with Gasteiger partial charge in [-0.05, 0) is 41.8 Å². The molecule has 0 radical (unpaired) electrons. The fraction of sp³-hybridized carbons (Fsp3) is 0.278. The summed E-state index contributed by atoms with van der Waals surface area (Å²) >= 11 is 6.20. The van der Waals surface area contributed by atoms with Crippen LogP contribution in [0.5, 0.6) is 11.5 Å². The van der Waals surface area contributed by atoms with Crippen LogP contribution in [-0.4, -0.2) is 25.3 Å². The Balaban J connectivity index is 2.07. The first-order valence-corrected chi connectivity index (χ1v) is 7.86. The maximum atomic E-state index is 10.7. The highest BCUT2D eigenvalue weighted by molar-refractivity contribution is 6.32. The van der Waals surface area contributed by atoms with E-state index < -0.39 is 5.97 Å². The third-order valence-corrected chi connectivity index (χ3v) is 3.83. The van der Waals surface area contributed by atoms with E-state index >= 15 is 0 Å². The molecular weight excluding hydrogens is 330 g/mol. The van der Waals surface area contributed by atoms with Crippen LogP contribution < -0.4 is 14.8 Å². The van der Waals surface area contributed by atoms with Crippen molar-refractivity contribution in [2.75, 3.05) is 19.5 Å². The summed E-state index contributed by atoms with van der Waals surface area (Å²) in [6.45, 7) is 0.558. The molecule has 0 aliphatic rings. The Labute approximate surface area is 146 Å². The van der Waals surface area contributed by atoms with Crippen molar-refractivity contribution in [3.05, 3.63) is 52.5 Å². The van der Waals surface area contributed by atoms with Gasteiger partial charge in [0.25, 0.3) is 0 Å². The predicted molar refractivity (Wildman–Crippen MR) is 94.3 cm³/mol. The van der Waals surface area contributed by atoms with Crippen LogP contribution in [0.1, 0.15) is 17.5 Å². The molecule has 0 aliphatic heterocycles. The minimum atomic E-state index is -0.798. The number of methoxy groups -OCH3 is 2. The van der Waals surface area contributed by atoms with Gasteiger partial charge in [-0.15, -0.1) is 0 Å². The number of aryl methyl sites for hydroxylation is 1. The SMILES string of the molecule is COc1cc(CNc2cccc(CCC(=O)O)c2)cc(Cl)c1OC. The van der Waals surface area contributed by atoms with Gasteiger partial charge in [-0.3, -0.25) is 4.79 Å². The zero-order valence-electron chi connectivity index (χ0n) is 13.6. The average Bonchev–Trinajstić information content (AvgIpc) is 2.58. The topological polar surface area (TPSA) is 67.8 Å². The van der Waals surface area contributed by atoms with Gasteiger partial charge in [0.05, 0.1) is 19.2 Å². The lowest BCUT2D eigenvalue weighted by molar-refractivity contribution is -0.136. The van der Waals surface area contributed by atoms with Gasteiger partial charge < -0.3 is 19.9 Å². The lowest BCUT2D eigenvalue weighted by atomic mass is 10.1. The zero-order chi connectivity index (χ0) is 17.5. The maximum Gasteiger partial charge on any atom is 0.303 e. The fourth-order valence-corrected chi connectivity index (χ4v) is 2.68. The molecule has 2 N–H and O–H groups in total. The number of hydrogen-bond donors (Lipinski definition) is 2. The van der Waals surface area contributed by atoms with E-state index in [2.05, 4.69) is 5.32 Å². The number of ether oxygens (including phenoxy) is 2. The van der Waals surface area contributed by atoms with Gasteiger partial charge in [-0.2, -0.15) is 0 Å². The van der Waals surface area contributed by atoms with Gasteiger partial charge >= 0.3 is 5.97 Å². The number of nitrogens with one attached hydrogen (secondary N) is 1. The molecule has 0 amide bonds. The first-order valence-electron chi connectivity index (χ1n) is 7.48. The van der Waals surface area contributed by atoms with Crippen molar-refractivity contribution in [3.8, 4) is 11.5 Å². The molecule has 0 unspecified atom stereocenters. The van der Waals surface area contributed by atoms with Crippen molar-refractivity contribution in [1.29, 1.82) is 0 Å². The first-order chi connectivity index (χ1) is 11.5. The largest absolute Gasteiger partial charge is 0.493 e. The molecule has 5 nitrogen and oxygen atoms in total. The van der Waals surface area contributed by atoms with Gasteiger partial charge in [-0.1, -0.05) is 23.7 Å². The van der Waals surface area contributed by atoms with Crippen LogP contribution in [0.2, 0.25) is 5.02 Å². The molecule has 0 heterocycles. The quantitative estimate of drug-likeness (QED) is 0.754. The standard InChI is InChI=1S/C18H20ClNO4/c1-23-16-10-13(9-15(19)18(16)24-2)11-20-14-5-3-4-12(8-14)6-7-17(21)22/h3-5,8-10,20H,6-7,11H2,1-2H3,(H,21,22). The summed E-state index contributed by atoms with van der Waals surface area (Å²) < 4.78 is 10.5. The number of carboxylic acids is 1. The van der Waals surface area contributed by atoms with E-state index in [1.165, 1.54) is 0 Å². The smallest absolute Gasteiger partial charge is 0.303 e. The fourth-order valence-electron chi connectivity index (χ4n) is 2.37. The second-order valence-electron chi connectivity index (χ2n) is 5.26. The molecule has 2 aromatic carbocycles. The van der Waals surface area contributed by atoms with Crippen LogP contribution in [0.25, 0.3) is 0 Å². The molecule has 6 heteroatoms. The van der Waals surface area contributed by atoms with Gasteiger partial charge in [-0.25, -0.2) is 0 Å². The zero-order valence-corrected chi connectivity index (χ0v) is 14.4. The summed E-state index contributed by atoms with van der Waals surface area (Å²) in [4.78, 5) is 10.7. The number of carbonyl (C=O) groups is 1. The van der Waals surface area contributed by atoms with Crippen molar-refractivity contribution >= 4 is 23.3 Å². The third-order valence-electron chi connectivity index (χ3n) is 3.54. The normalized spacial score (nSPS) is 10.3. The Morgan fingerprint density at radius 2 is 1.96 bits per heavy atom. The van der Waals surface area contributed by atoms with Crippen molar-refractivity contribution in [1.82, 2.24) is 0 Å². The van der Waals surface area contributed by atoms with Crippen LogP contribution in [0.15, 0.2) is 36.4 Å². The Hall–Kier alpha value is -2.40. The molecule has 0 bridgehead atoms. The number of aliphatic carboxylic acids is 1. The van der Waals surface area contributed by atoms with Crippen LogP contribution >= 0.6 is 11.6 Å². The lowest BCUT2D eigenvalue weighted by Gasteiger charge is -2.13. The highest BCUT2D eigenvalue weighted by atomic mass is 35.5. The second-order valence-corrected chi connectivity index (χ2v) is 5.67. The average molecular weight is 350 g/mol. The highest BCUT2D eigenvalue weighted by Crippen LogP contribution is 2.36. The first kappa shape index (κ1) is 17.9.